The summed E-state index contributed by atoms with van der Waals surface area (Å²) in [5, 5.41) is 12.5. The van der Waals surface area contributed by atoms with Crippen molar-refractivity contribution in [1.29, 1.82) is 0 Å². The Morgan fingerprint density at radius 2 is 2.11 bits per heavy atom. The zero-order valence-corrected chi connectivity index (χ0v) is 11.6. The van der Waals surface area contributed by atoms with Gasteiger partial charge in [-0.15, -0.1) is 0 Å². The van der Waals surface area contributed by atoms with Crippen molar-refractivity contribution >= 4 is 28.3 Å². The van der Waals surface area contributed by atoms with Crippen LogP contribution in [0.1, 0.15) is 34.6 Å². The van der Waals surface area contributed by atoms with Crippen LogP contribution in [0.25, 0.3) is 0 Å². The Morgan fingerprint density at radius 1 is 1.42 bits per heavy atom. The van der Waals surface area contributed by atoms with Crippen LogP contribution in [0.5, 0.6) is 0 Å². The number of aryl methyl sites for hydroxylation is 1. The molecule has 19 heavy (non-hydrogen) atoms. The van der Waals surface area contributed by atoms with Gasteiger partial charge in [0.05, 0.1) is 5.69 Å². The summed E-state index contributed by atoms with van der Waals surface area (Å²) in [5.41, 5.74) is 0.505. The van der Waals surface area contributed by atoms with E-state index in [-0.39, 0.29) is 10.8 Å². The minimum Gasteiger partial charge on any atom is -0.477 e. The first-order valence-electron chi connectivity index (χ1n) is 6.30. The predicted molar refractivity (Wildman–Crippen MR) is 72.7 cm³/mol. The lowest BCUT2D eigenvalue weighted by atomic mass is 10.3. The first-order chi connectivity index (χ1) is 9.08. The minimum absolute atomic E-state index is 0.150. The van der Waals surface area contributed by atoms with Crippen LogP contribution in [-0.4, -0.2) is 46.5 Å². The molecule has 0 bridgehead atoms. The third kappa shape index (κ3) is 3.44. The van der Waals surface area contributed by atoms with Gasteiger partial charge in [-0.25, -0.2) is 9.78 Å². The van der Waals surface area contributed by atoms with Gasteiger partial charge in [-0.1, -0.05) is 11.3 Å². The molecule has 0 aliphatic carbocycles. The van der Waals surface area contributed by atoms with Gasteiger partial charge in [-0.05, 0) is 19.8 Å². The third-order valence-corrected chi connectivity index (χ3v) is 4.17. The molecule has 2 heterocycles. The molecule has 1 aromatic heterocycles. The zero-order chi connectivity index (χ0) is 13.8. The molecule has 1 aliphatic rings. The number of carboxylic acid groups (broad SMARTS) is 1. The summed E-state index contributed by atoms with van der Waals surface area (Å²) in [6.45, 7) is 3.87. The number of anilines is 1. The molecule has 0 saturated carbocycles. The number of aromatic carboxylic acids is 1. The summed E-state index contributed by atoms with van der Waals surface area (Å²) in [7, 11) is 0. The van der Waals surface area contributed by atoms with Gasteiger partial charge in [0.25, 0.3) is 0 Å². The van der Waals surface area contributed by atoms with E-state index in [2.05, 4.69) is 10.3 Å². The van der Waals surface area contributed by atoms with E-state index in [0.717, 1.165) is 37.3 Å². The third-order valence-electron chi connectivity index (χ3n) is 3.06. The summed E-state index contributed by atoms with van der Waals surface area (Å²) in [5.74, 6) is -0.812. The van der Waals surface area contributed by atoms with Crippen LogP contribution in [0.4, 0.5) is 5.13 Å². The molecule has 1 saturated heterocycles. The lowest BCUT2D eigenvalue weighted by molar-refractivity contribution is -0.129. The molecule has 0 atom stereocenters. The fraction of sp³-hybridized carbons (Fsp3) is 0.583. The molecule has 1 fully saturated rings. The van der Waals surface area contributed by atoms with Crippen molar-refractivity contribution in [2.75, 3.05) is 25.0 Å². The van der Waals surface area contributed by atoms with Crippen molar-refractivity contribution in [3.05, 3.63) is 10.6 Å². The molecule has 0 unspecified atom stereocenters. The van der Waals surface area contributed by atoms with Gasteiger partial charge in [0.15, 0.2) is 5.13 Å². The van der Waals surface area contributed by atoms with Gasteiger partial charge in [0.1, 0.15) is 4.88 Å². The number of nitrogens with zero attached hydrogens (tertiary/aromatic N) is 2. The molecule has 1 aliphatic heterocycles. The van der Waals surface area contributed by atoms with E-state index >= 15 is 0 Å². The monoisotopic (exact) mass is 283 g/mol. The Morgan fingerprint density at radius 3 is 2.68 bits per heavy atom. The van der Waals surface area contributed by atoms with Crippen LogP contribution < -0.4 is 5.32 Å². The fourth-order valence-corrected chi connectivity index (χ4v) is 2.90. The minimum atomic E-state index is -0.962. The van der Waals surface area contributed by atoms with Crippen LogP contribution in [-0.2, 0) is 4.79 Å². The number of likely N-dealkylation sites (tertiary alicyclic amines) is 1. The molecule has 7 heteroatoms. The molecule has 0 aromatic carbocycles. The number of nitrogens with one attached hydrogen (secondary N) is 1. The number of hydrogen-bond acceptors (Lipinski definition) is 5. The molecule has 0 radical (unpaired) electrons. The lowest BCUT2D eigenvalue weighted by Crippen LogP contribution is -2.29. The maximum Gasteiger partial charge on any atom is 0.347 e. The second-order valence-corrected chi connectivity index (χ2v) is 5.50. The Kier molecular flexibility index (Phi) is 4.36. The first-order valence-corrected chi connectivity index (χ1v) is 7.12. The van der Waals surface area contributed by atoms with Gasteiger partial charge < -0.3 is 15.3 Å². The van der Waals surface area contributed by atoms with Crippen molar-refractivity contribution in [2.24, 2.45) is 0 Å². The number of hydrogen-bond donors (Lipinski definition) is 2. The number of carboxylic acids is 1. The van der Waals surface area contributed by atoms with Gasteiger partial charge in [-0.2, -0.15) is 0 Å². The highest BCUT2D eigenvalue weighted by atomic mass is 32.1. The maximum atomic E-state index is 11.8. The standard InChI is InChI=1S/C12H17N3O3S/c1-8-10(11(17)18)19-12(14-8)13-5-4-9(16)15-6-2-3-7-15/h2-7H2,1H3,(H,13,14)(H,17,18). The van der Waals surface area contributed by atoms with Crippen molar-refractivity contribution in [2.45, 2.75) is 26.2 Å². The molecule has 1 aromatic rings. The van der Waals surface area contributed by atoms with Crippen LogP contribution in [0.2, 0.25) is 0 Å². The van der Waals surface area contributed by atoms with E-state index in [4.69, 9.17) is 5.11 Å². The highest BCUT2D eigenvalue weighted by Gasteiger charge is 2.18. The topological polar surface area (TPSA) is 82.5 Å². The van der Waals surface area contributed by atoms with Gasteiger partial charge in [0, 0.05) is 26.1 Å². The average Bonchev–Trinajstić information content (AvgIpc) is 2.98. The number of carbonyl (C=O) groups is 2. The Hall–Kier alpha value is -1.63. The largest absolute Gasteiger partial charge is 0.477 e. The second kappa shape index (κ2) is 6.01. The number of carbonyl (C=O) groups excluding carboxylic acids is 1. The molecule has 104 valence electrons. The van der Waals surface area contributed by atoms with Gasteiger partial charge in [-0.3, -0.25) is 4.79 Å². The highest BCUT2D eigenvalue weighted by molar-refractivity contribution is 7.17. The van der Waals surface area contributed by atoms with E-state index in [1.54, 1.807) is 6.92 Å². The highest BCUT2D eigenvalue weighted by Crippen LogP contribution is 2.22. The summed E-state index contributed by atoms with van der Waals surface area (Å²) in [6, 6.07) is 0. The van der Waals surface area contributed by atoms with Crippen molar-refractivity contribution < 1.29 is 14.7 Å². The lowest BCUT2D eigenvalue weighted by Gasteiger charge is -2.14. The molecular formula is C12H17N3O3S. The van der Waals surface area contributed by atoms with Crippen molar-refractivity contribution in [3.8, 4) is 0 Å². The SMILES string of the molecule is Cc1nc(NCCC(=O)N2CCCC2)sc1C(=O)O. The van der Waals surface area contributed by atoms with Gasteiger partial charge >= 0.3 is 5.97 Å². The summed E-state index contributed by atoms with van der Waals surface area (Å²) in [6.07, 6.45) is 2.60. The molecule has 2 N–H and O–H groups in total. The smallest absolute Gasteiger partial charge is 0.347 e. The maximum absolute atomic E-state index is 11.8. The predicted octanol–water partition coefficient (Wildman–Crippen LogP) is 1.57. The molecule has 0 spiro atoms. The number of aromatic nitrogens is 1. The summed E-state index contributed by atoms with van der Waals surface area (Å²) in [4.78, 5) is 28.9. The summed E-state index contributed by atoms with van der Waals surface area (Å²) < 4.78 is 0. The Bertz CT molecular complexity index is 481. The number of amides is 1. The molecule has 6 nitrogen and oxygen atoms in total. The summed E-state index contributed by atoms with van der Waals surface area (Å²) >= 11 is 1.10. The van der Waals surface area contributed by atoms with E-state index < -0.39 is 5.97 Å². The quantitative estimate of drug-likeness (QED) is 0.857. The Balaban J connectivity index is 1.80. The van der Waals surface area contributed by atoms with Crippen molar-refractivity contribution in [1.82, 2.24) is 9.88 Å². The van der Waals surface area contributed by atoms with Crippen LogP contribution in [0.3, 0.4) is 0 Å². The average molecular weight is 283 g/mol. The van der Waals surface area contributed by atoms with E-state index in [1.807, 2.05) is 4.90 Å². The number of rotatable bonds is 5. The van der Waals surface area contributed by atoms with E-state index in [0.29, 0.717) is 23.8 Å². The Labute approximate surface area is 115 Å². The molecule has 1 amide bonds. The van der Waals surface area contributed by atoms with E-state index in [1.165, 1.54) is 0 Å². The van der Waals surface area contributed by atoms with Gasteiger partial charge in [0.2, 0.25) is 5.91 Å². The van der Waals surface area contributed by atoms with Crippen LogP contribution in [0.15, 0.2) is 0 Å². The van der Waals surface area contributed by atoms with Crippen molar-refractivity contribution in [3.63, 3.8) is 0 Å². The second-order valence-electron chi connectivity index (χ2n) is 4.50. The van der Waals surface area contributed by atoms with Crippen LogP contribution >= 0.6 is 11.3 Å². The normalized spacial score (nSPS) is 14.7. The first kappa shape index (κ1) is 13.8. The number of thiazole rings is 1. The van der Waals surface area contributed by atoms with Crippen LogP contribution in [0, 0.1) is 6.92 Å². The molecule has 2 rings (SSSR count). The molecular weight excluding hydrogens is 266 g/mol. The zero-order valence-electron chi connectivity index (χ0n) is 10.8. The fourth-order valence-electron chi connectivity index (χ4n) is 2.07. The van der Waals surface area contributed by atoms with E-state index in [9.17, 15) is 9.59 Å².